The fourth-order valence-electron chi connectivity index (χ4n) is 2.28. The van der Waals surface area contributed by atoms with E-state index in [1.807, 2.05) is 43.3 Å². The number of hydrogen-bond acceptors (Lipinski definition) is 1. The number of rotatable bonds is 6. The Morgan fingerprint density at radius 1 is 1.00 bits per heavy atom. The standard InChI is InChI=1S/C18H21NO/c1-2-9-18(20)19-17(16-12-7-4-8-13-16)14-15-10-5-3-6-11-15/h3-8,10-13,17H,2,9,14H2,1H3,(H,19,20)/t17-/m0/s1. The largest absolute Gasteiger partial charge is 0.349 e. The summed E-state index contributed by atoms with van der Waals surface area (Å²) in [5, 5.41) is 3.14. The lowest BCUT2D eigenvalue weighted by atomic mass is 9.98. The Bertz CT molecular complexity index is 522. The van der Waals surface area contributed by atoms with Crippen LogP contribution in [0.25, 0.3) is 0 Å². The zero-order valence-electron chi connectivity index (χ0n) is 11.9. The summed E-state index contributed by atoms with van der Waals surface area (Å²) >= 11 is 0. The molecule has 2 aromatic rings. The van der Waals surface area contributed by atoms with E-state index < -0.39 is 0 Å². The Hall–Kier alpha value is -2.09. The van der Waals surface area contributed by atoms with E-state index in [0.29, 0.717) is 6.42 Å². The lowest BCUT2D eigenvalue weighted by Crippen LogP contribution is -2.29. The summed E-state index contributed by atoms with van der Waals surface area (Å²) < 4.78 is 0. The third-order valence-electron chi connectivity index (χ3n) is 3.30. The lowest BCUT2D eigenvalue weighted by molar-refractivity contribution is -0.121. The first-order chi connectivity index (χ1) is 9.79. The van der Waals surface area contributed by atoms with E-state index in [4.69, 9.17) is 0 Å². The van der Waals surface area contributed by atoms with Gasteiger partial charge in [0.25, 0.3) is 0 Å². The SMILES string of the molecule is CCCC(=O)N[C@@H](Cc1ccccc1)c1ccccc1. The molecular weight excluding hydrogens is 246 g/mol. The number of benzene rings is 2. The van der Waals surface area contributed by atoms with Gasteiger partial charge in [-0.1, -0.05) is 67.6 Å². The van der Waals surface area contributed by atoms with Gasteiger partial charge < -0.3 is 5.32 Å². The Balaban J connectivity index is 2.14. The van der Waals surface area contributed by atoms with Crippen LogP contribution in [0.5, 0.6) is 0 Å². The summed E-state index contributed by atoms with van der Waals surface area (Å²) in [6.07, 6.45) is 2.27. The average molecular weight is 267 g/mol. The molecule has 2 aromatic carbocycles. The summed E-state index contributed by atoms with van der Waals surface area (Å²) in [5.74, 6) is 0.122. The van der Waals surface area contributed by atoms with Gasteiger partial charge in [-0.15, -0.1) is 0 Å². The molecule has 1 atom stereocenters. The average Bonchev–Trinajstić information content (AvgIpc) is 2.49. The van der Waals surface area contributed by atoms with Crippen molar-refractivity contribution in [3.63, 3.8) is 0 Å². The Labute approximate surface area is 120 Å². The molecule has 0 unspecified atom stereocenters. The summed E-state index contributed by atoms with van der Waals surface area (Å²) in [6, 6.07) is 20.5. The molecule has 0 bridgehead atoms. The topological polar surface area (TPSA) is 29.1 Å². The molecule has 0 aliphatic rings. The van der Waals surface area contributed by atoms with Crippen LogP contribution >= 0.6 is 0 Å². The predicted octanol–water partition coefficient (Wildman–Crippen LogP) is 3.89. The highest BCUT2D eigenvalue weighted by Gasteiger charge is 2.14. The highest BCUT2D eigenvalue weighted by molar-refractivity contribution is 5.76. The summed E-state index contributed by atoms with van der Waals surface area (Å²) in [6.45, 7) is 2.02. The molecule has 2 heteroatoms. The fraction of sp³-hybridized carbons (Fsp3) is 0.278. The van der Waals surface area contributed by atoms with Gasteiger partial charge in [-0.2, -0.15) is 0 Å². The van der Waals surface area contributed by atoms with Gasteiger partial charge in [-0.3, -0.25) is 4.79 Å². The smallest absolute Gasteiger partial charge is 0.220 e. The van der Waals surface area contributed by atoms with E-state index in [-0.39, 0.29) is 11.9 Å². The zero-order chi connectivity index (χ0) is 14.2. The number of amides is 1. The van der Waals surface area contributed by atoms with Gasteiger partial charge >= 0.3 is 0 Å². The molecule has 0 aliphatic carbocycles. The molecule has 0 spiro atoms. The van der Waals surface area contributed by atoms with Gasteiger partial charge in [-0.05, 0) is 24.0 Å². The molecule has 1 N–H and O–H groups in total. The number of carbonyl (C=O) groups excluding carboxylic acids is 1. The first-order valence-electron chi connectivity index (χ1n) is 7.18. The Kier molecular flexibility index (Phi) is 5.36. The van der Waals surface area contributed by atoms with Crippen LogP contribution in [-0.4, -0.2) is 5.91 Å². The Morgan fingerprint density at radius 2 is 1.60 bits per heavy atom. The Morgan fingerprint density at radius 3 is 2.20 bits per heavy atom. The van der Waals surface area contributed by atoms with Crippen molar-refractivity contribution in [2.75, 3.05) is 0 Å². The second kappa shape index (κ2) is 7.49. The van der Waals surface area contributed by atoms with Crippen LogP contribution in [0.15, 0.2) is 60.7 Å². The van der Waals surface area contributed by atoms with Crippen molar-refractivity contribution >= 4 is 5.91 Å². The lowest BCUT2D eigenvalue weighted by Gasteiger charge is -2.19. The van der Waals surface area contributed by atoms with Crippen molar-refractivity contribution in [1.29, 1.82) is 0 Å². The maximum absolute atomic E-state index is 11.9. The van der Waals surface area contributed by atoms with Crippen LogP contribution in [-0.2, 0) is 11.2 Å². The zero-order valence-corrected chi connectivity index (χ0v) is 11.9. The van der Waals surface area contributed by atoms with Gasteiger partial charge in [0.15, 0.2) is 0 Å². The quantitative estimate of drug-likeness (QED) is 0.845. The highest BCUT2D eigenvalue weighted by atomic mass is 16.1. The molecule has 0 aliphatic heterocycles. The van der Waals surface area contributed by atoms with Crippen LogP contribution < -0.4 is 5.32 Å². The van der Waals surface area contributed by atoms with E-state index in [9.17, 15) is 4.79 Å². The highest BCUT2D eigenvalue weighted by Crippen LogP contribution is 2.18. The first-order valence-corrected chi connectivity index (χ1v) is 7.18. The normalized spacial score (nSPS) is 11.8. The van der Waals surface area contributed by atoms with Crippen molar-refractivity contribution in [2.45, 2.75) is 32.2 Å². The van der Waals surface area contributed by atoms with Gasteiger partial charge in [0, 0.05) is 6.42 Å². The minimum atomic E-state index is 0.0395. The molecule has 1 amide bonds. The molecule has 0 saturated heterocycles. The molecular formula is C18H21NO. The molecule has 2 nitrogen and oxygen atoms in total. The van der Waals surface area contributed by atoms with Gasteiger partial charge in [0.05, 0.1) is 6.04 Å². The summed E-state index contributed by atoms with van der Waals surface area (Å²) in [7, 11) is 0. The van der Waals surface area contributed by atoms with E-state index in [2.05, 4.69) is 29.6 Å². The number of hydrogen-bond donors (Lipinski definition) is 1. The van der Waals surface area contributed by atoms with E-state index in [1.54, 1.807) is 0 Å². The summed E-state index contributed by atoms with van der Waals surface area (Å²) in [5.41, 5.74) is 2.39. The summed E-state index contributed by atoms with van der Waals surface area (Å²) in [4.78, 5) is 11.9. The second-order valence-corrected chi connectivity index (χ2v) is 4.97. The number of nitrogens with one attached hydrogen (secondary N) is 1. The van der Waals surface area contributed by atoms with Crippen molar-refractivity contribution < 1.29 is 4.79 Å². The van der Waals surface area contributed by atoms with Crippen LogP contribution in [0.3, 0.4) is 0 Å². The molecule has 0 radical (unpaired) electrons. The maximum Gasteiger partial charge on any atom is 0.220 e. The van der Waals surface area contributed by atoms with Crippen molar-refractivity contribution in [3.05, 3.63) is 71.8 Å². The van der Waals surface area contributed by atoms with Crippen LogP contribution in [0.1, 0.15) is 36.9 Å². The van der Waals surface area contributed by atoms with Crippen molar-refractivity contribution in [2.24, 2.45) is 0 Å². The molecule has 0 fully saturated rings. The van der Waals surface area contributed by atoms with E-state index in [0.717, 1.165) is 18.4 Å². The number of carbonyl (C=O) groups is 1. The van der Waals surface area contributed by atoms with E-state index >= 15 is 0 Å². The van der Waals surface area contributed by atoms with Crippen LogP contribution in [0.4, 0.5) is 0 Å². The molecule has 0 heterocycles. The minimum Gasteiger partial charge on any atom is -0.349 e. The van der Waals surface area contributed by atoms with Crippen LogP contribution in [0, 0.1) is 0 Å². The van der Waals surface area contributed by atoms with Crippen LogP contribution in [0.2, 0.25) is 0 Å². The molecule has 0 saturated carbocycles. The molecule has 0 aromatic heterocycles. The maximum atomic E-state index is 11.9. The van der Waals surface area contributed by atoms with Gasteiger partial charge in [-0.25, -0.2) is 0 Å². The monoisotopic (exact) mass is 267 g/mol. The fourth-order valence-corrected chi connectivity index (χ4v) is 2.28. The molecule has 20 heavy (non-hydrogen) atoms. The third-order valence-corrected chi connectivity index (χ3v) is 3.30. The van der Waals surface area contributed by atoms with Crippen molar-refractivity contribution in [3.8, 4) is 0 Å². The predicted molar refractivity (Wildman–Crippen MR) is 82.4 cm³/mol. The second-order valence-electron chi connectivity index (χ2n) is 4.97. The minimum absolute atomic E-state index is 0.0395. The molecule has 104 valence electrons. The van der Waals surface area contributed by atoms with E-state index in [1.165, 1.54) is 5.56 Å². The first kappa shape index (κ1) is 14.3. The van der Waals surface area contributed by atoms with Gasteiger partial charge in [0.1, 0.15) is 0 Å². The van der Waals surface area contributed by atoms with Gasteiger partial charge in [0.2, 0.25) is 5.91 Å². The van der Waals surface area contributed by atoms with Crippen molar-refractivity contribution in [1.82, 2.24) is 5.32 Å². The molecule has 2 rings (SSSR count). The third kappa shape index (κ3) is 4.23.